The summed E-state index contributed by atoms with van der Waals surface area (Å²) >= 11 is 0. The quantitative estimate of drug-likeness (QED) is 0.853. The molecule has 1 aromatic heterocycles. The van der Waals surface area contributed by atoms with Crippen molar-refractivity contribution in [3.05, 3.63) is 47.4 Å². The minimum atomic E-state index is -1.10. The van der Waals surface area contributed by atoms with Crippen LogP contribution in [0.1, 0.15) is 40.5 Å². The number of amides is 1. The van der Waals surface area contributed by atoms with E-state index in [1.807, 2.05) is 31.2 Å². The first-order valence-electron chi connectivity index (χ1n) is 8.57. The standard InChI is InChI=1S/C19H21NO6/c1-3-14-13(19(22)23)9-17(26-14)18(21)20(4-2)10-12-11-24-15-7-5-6-8-16(15)25-12/h5-9,12H,3-4,10-11H2,1-2H3,(H,22,23). The second-order valence-electron chi connectivity index (χ2n) is 5.95. The van der Waals surface area contributed by atoms with Gasteiger partial charge in [-0.15, -0.1) is 0 Å². The number of carbonyl (C=O) groups excluding carboxylic acids is 1. The predicted octanol–water partition coefficient (Wildman–Crippen LogP) is 2.84. The van der Waals surface area contributed by atoms with E-state index in [4.69, 9.17) is 13.9 Å². The lowest BCUT2D eigenvalue weighted by molar-refractivity contribution is 0.0454. The van der Waals surface area contributed by atoms with Crippen LogP contribution < -0.4 is 9.47 Å². The summed E-state index contributed by atoms with van der Waals surface area (Å²) in [5.74, 6) is 0.182. The smallest absolute Gasteiger partial charge is 0.339 e. The molecule has 0 aliphatic carbocycles. The van der Waals surface area contributed by atoms with E-state index in [-0.39, 0.29) is 23.3 Å². The van der Waals surface area contributed by atoms with Crippen molar-refractivity contribution in [2.75, 3.05) is 19.7 Å². The summed E-state index contributed by atoms with van der Waals surface area (Å²) in [4.78, 5) is 25.6. The second-order valence-corrected chi connectivity index (χ2v) is 5.95. The number of likely N-dealkylation sites (N-methyl/N-ethyl adjacent to an activating group) is 1. The number of hydrogen-bond acceptors (Lipinski definition) is 5. The van der Waals surface area contributed by atoms with Crippen molar-refractivity contribution in [2.24, 2.45) is 0 Å². The van der Waals surface area contributed by atoms with Crippen molar-refractivity contribution in [3.8, 4) is 11.5 Å². The van der Waals surface area contributed by atoms with Crippen molar-refractivity contribution in [1.82, 2.24) is 4.90 Å². The van der Waals surface area contributed by atoms with Gasteiger partial charge in [-0.2, -0.15) is 0 Å². The third-order valence-corrected chi connectivity index (χ3v) is 4.23. The van der Waals surface area contributed by atoms with Crippen molar-refractivity contribution in [3.63, 3.8) is 0 Å². The third-order valence-electron chi connectivity index (χ3n) is 4.23. The first-order chi connectivity index (χ1) is 12.5. The number of ether oxygens (including phenoxy) is 2. The average molecular weight is 359 g/mol. The van der Waals surface area contributed by atoms with Gasteiger partial charge in [-0.1, -0.05) is 19.1 Å². The molecule has 1 aliphatic heterocycles. The fraction of sp³-hybridized carbons (Fsp3) is 0.368. The van der Waals surface area contributed by atoms with Crippen LogP contribution in [0.3, 0.4) is 0 Å². The number of aromatic carboxylic acids is 1. The molecule has 3 rings (SSSR count). The maximum absolute atomic E-state index is 12.7. The minimum Gasteiger partial charge on any atom is -0.486 e. The number of rotatable bonds is 6. The van der Waals surface area contributed by atoms with Crippen molar-refractivity contribution < 1.29 is 28.6 Å². The maximum atomic E-state index is 12.7. The predicted molar refractivity (Wildman–Crippen MR) is 93.0 cm³/mol. The molecule has 0 saturated heterocycles. The van der Waals surface area contributed by atoms with E-state index >= 15 is 0 Å². The number of benzene rings is 1. The molecule has 1 amide bonds. The van der Waals surface area contributed by atoms with Gasteiger partial charge in [0, 0.05) is 19.0 Å². The van der Waals surface area contributed by atoms with Crippen LogP contribution in [0.5, 0.6) is 11.5 Å². The van der Waals surface area contributed by atoms with Gasteiger partial charge in [0.25, 0.3) is 5.91 Å². The molecule has 0 bridgehead atoms. The maximum Gasteiger partial charge on any atom is 0.339 e. The number of aryl methyl sites for hydroxylation is 1. The lowest BCUT2D eigenvalue weighted by Crippen LogP contribution is -2.43. The molecule has 138 valence electrons. The first kappa shape index (κ1) is 17.8. The largest absolute Gasteiger partial charge is 0.486 e. The molecular weight excluding hydrogens is 338 g/mol. The molecule has 0 radical (unpaired) electrons. The zero-order chi connectivity index (χ0) is 18.7. The van der Waals surface area contributed by atoms with Gasteiger partial charge in [0.05, 0.1) is 6.54 Å². The molecule has 0 spiro atoms. The molecular formula is C19H21NO6. The summed E-state index contributed by atoms with van der Waals surface area (Å²) in [5, 5.41) is 9.22. The zero-order valence-corrected chi connectivity index (χ0v) is 14.7. The summed E-state index contributed by atoms with van der Waals surface area (Å²) in [7, 11) is 0. The van der Waals surface area contributed by atoms with Crippen LogP contribution in [0, 0.1) is 0 Å². The Morgan fingerprint density at radius 3 is 2.58 bits per heavy atom. The van der Waals surface area contributed by atoms with Gasteiger partial charge in [-0.3, -0.25) is 4.79 Å². The highest BCUT2D eigenvalue weighted by Crippen LogP contribution is 2.31. The Balaban J connectivity index is 1.73. The Hall–Kier alpha value is -2.96. The molecule has 1 aromatic carbocycles. The molecule has 1 atom stereocenters. The van der Waals surface area contributed by atoms with Crippen molar-refractivity contribution in [1.29, 1.82) is 0 Å². The fourth-order valence-electron chi connectivity index (χ4n) is 2.89. The monoisotopic (exact) mass is 359 g/mol. The average Bonchev–Trinajstić information content (AvgIpc) is 3.10. The number of nitrogens with zero attached hydrogens (tertiary/aromatic N) is 1. The number of fused-ring (bicyclic) bond motifs is 1. The summed E-state index contributed by atoms with van der Waals surface area (Å²) in [5.41, 5.74) is 0.0260. The summed E-state index contributed by atoms with van der Waals surface area (Å²) in [6.07, 6.45) is 0.0885. The fourth-order valence-corrected chi connectivity index (χ4v) is 2.89. The van der Waals surface area contributed by atoms with Crippen LogP contribution in [0.4, 0.5) is 0 Å². The molecule has 2 heterocycles. The summed E-state index contributed by atoms with van der Waals surface area (Å²) in [6, 6.07) is 8.66. The van der Waals surface area contributed by atoms with E-state index in [0.717, 1.165) is 0 Å². The van der Waals surface area contributed by atoms with Gasteiger partial charge in [0.1, 0.15) is 17.9 Å². The third kappa shape index (κ3) is 3.51. The van der Waals surface area contributed by atoms with Crippen LogP contribution in [0.25, 0.3) is 0 Å². The van der Waals surface area contributed by atoms with Crippen molar-refractivity contribution in [2.45, 2.75) is 26.4 Å². The molecule has 0 fully saturated rings. The van der Waals surface area contributed by atoms with Gasteiger partial charge >= 0.3 is 5.97 Å². The summed E-state index contributed by atoms with van der Waals surface area (Å²) in [6.45, 7) is 4.71. The van der Waals surface area contributed by atoms with Crippen LogP contribution in [-0.4, -0.2) is 47.7 Å². The zero-order valence-electron chi connectivity index (χ0n) is 14.7. The van der Waals surface area contributed by atoms with Gasteiger partial charge in [-0.05, 0) is 19.1 Å². The number of para-hydroxylation sites is 2. The van der Waals surface area contributed by atoms with Crippen LogP contribution in [0.15, 0.2) is 34.7 Å². The Morgan fingerprint density at radius 1 is 1.23 bits per heavy atom. The number of furan rings is 1. The number of carboxylic acids is 1. The second kappa shape index (κ2) is 7.51. The van der Waals surface area contributed by atoms with E-state index in [1.54, 1.807) is 11.8 Å². The minimum absolute atomic E-state index is 0.0260. The normalized spacial score (nSPS) is 15.5. The molecule has 2 aromatic rings. The van der Waals surface area contributed by atoms with Crippen LogP contribution in [0.2, 0.25) is 0 Å². The topological polar surface area (TPSA) is 89.2 Å². The first-order valence-corrected chi connectivity index (χ1v) is 8.57. The Labute approximate surface area is 151 Å². The van der Waals surface area contributed by atoms with Crippen LogP contribution in [-0.2, 0) is 6.42 Å². The number of carbonyl (C=O) groups is 2. The molecule has 7 heteroatoms. The highest BCUT2D eigenvalue weighted by Gasteiger charge is 2.28. The van der Waals surface area contributed by atoms with E-state index in [2.05, 4.69) is 0 Å². The molecule has 1 unspecified atom stereocenters. The highest BCUT2D eigenvalue weighted by atomic mass is 16.6. The highest BCUT2D eigenvalue weighted by molar-refractivity contribution is 5.96. The van der Waals surface area contributed by atoms with Gasteiger partial charge < -0.3 is 23.9 Å². The van der Waals surface area contributed by atoms with Gasteiger partial charge in [-0.25, -0.2) is 4.79 Å². The van der Waals surface area contributed by atoms with Gasteiger partial charge in [0.2, 0.25) is 0 Å². The van der Waals surface area contributed by atoms with E-state index in [1.165, 1.54) is 6.07 Å². The Morgan fingerprint density at radius 2 is 1.96 bits per heavy atom. The number of carboxylic acid groups (broad SMARTS) is 1. The molecule has 1 aliphatic rings. The molecule has 1 N–H and O–H groups in total. The van der Waals surface area contributed by atoms with E-state index < -0.39 is 5.97 Å². The van der Waals surface area contributed by atoms with Crippen LogP contribution >= 0.6 is 0 Å². The van der Waals surface area contributed by atoms with E-state index in [9.17, 15) is 14.7 Å². The number of hydrogen-bond donors (Lipinski definition) is 1. The van der Waals surface area contributed by atoms with Crippen molar-refractivity contribution >= 4 is 11.9 Å². The van der Waals surface area contributed by atoms with E-state index in [0.29, 0.717) is 43.4 Å². The SMILES string of the molecule is CCc1oc(C(=O)N(CC)CC2COc3ccccc3O2)cc1C(=O)O. The summed E-state index contributed by atoms with van der Waals surface area (Å²) < 4.78 is 17.0. The lowest BCUT2D eigenvalue weighted by atomic mass is 10.2. The molecule has 26 heavy (non-hydrogen) atoms. The van der Waals surface area contributed by atoms with Gasteiger partial charge in [0.15, 0.2) is 23.4 Å². The lowest BCUT2D eigenvalue weighted by Gasteiger charge is -2.30. The Bertz CT molecular complexity index is 812. The Kier molecular flexibility index (Phi) is 5.16. The molecule has 7 nitrogen and oxygen atoms in total. The molecule has 0 saturated carbocycles.